The lowest BCUT2D eigenvalue weighted by Gasteiger charge is -2.22. The van der Waals surface area contributed by atoms with E-state index >= 15 is 0 Å². The highest BCUT2D eigenvalue weighted by Crippen LogP contribution is 2.30. The van der Waals surface area contributed by atoms with E-state index in [2.05, 4.69) is 78.0 Å². The molecule has 0 fully saturated rings. The van der Waals surface area contributed by atoms with E-state index in [1.807, 2.05) is 0 Å². The second-order valence-electron chi connectivity index (χ2n) is 11.1. The third-order valence-electron chi connectivity index (χ3n) is 7.81. The van der Waals surface area contributed by atoms with Gasteiger partial charge in [0, 0.05) is 12.8 Å². The topological polar surface area (TPSA) is 17.1 Å². The quantitative estimate of drug-likeness (QED) is 0.380. The Balaban J connectivity index is 2.13. The number of ketones is 1. The summed E-state index contributed by atoms with van der Waals surface area (Å²) >= 11 is 0. The molecule has 34 heavy (non-hydrogen) atoms. The molecule has 0 heterocycles. The molecule has 0 radical (unpaired) electrons. The van der Waals surface area contributed by atoms with Crippen molar-refractivity contribution in [1.29, 1.82) is 0 Å². The summed E-state index contributed by atoms with van der Waals surface area (Å²) in [5.74, 6) is 1.17. The van der Waals surface area contributed by atoms with Crippen molar-refractivity contribution in [3.8, 4) is 0 Å². The SMILES string of the molecule is CC1=CCCC=C(C)CCC(CC(=O)CC2CCC(C)=CCCC=C(C)CC=C2C)C(C)=CC1. The van der Waals surface area contributed by atoms with Crippen LogP contribution in [-0.2, 0) is 4.79 Å². The van der Waals surface area contributed by atoms with Gasteiger partial charge in [-0.25, -0.2) is 0 Å². The Morgan fingerprint density at radius 1 is 0.588 bits per heavy atom. The minimum atomic E-state index is 0.366. The fourth-order valence-electron chi connectivity index (χ4n) is 5.09. The molecule has 2 unspecified atom stereocenters. The van der Waals surface area contributed by atoms with Gasteiger partial charge in [0.05, 0.1) is 0 Å². The predicted octanol–water partition coefficient (Wildman–Crippen LogP) is 10.2. The monoisotopic (exact) mass is 462 g/mol. The van der Waals surface area contributed by atoms with Gasteiger partial charge in [0.15, 0.2) is 0 Å². The van der Waals surface area contributed by atoms with E-state index in [0.717, 1.165) is 64.2 Å². The maximum absolute atomic E-state index is 13.4. The highest BCUT2D eigenvalue weighted by molar-refractivity contribution is 5.79. The van der Waals surface area contributed by atoms with Gasteiger partial charge in [0.2, 0.25) is 0 Å². The standard InChI is InChI=1S/C33H50O/c1-25-11-7-9-13-27(3)17-21-31(29(5)19-15-25)23-33(34)24-32-22-18-28(4)14-10-8-12-26(2)16-20-30(32)6/h11-14,19-20,31-32H,7-10,15-18,21-24H2,1-6H3. The Hall–Kier alpha value is -1.89. The van der Waals surface area contributed by atoms with E-state index in [0.29, 0.717) is 30.5 Å². The number of carbonyl (C=O) groups is 1. The maximum Gasteiger partial charge on any atom is 0.134 e. The van der Waals surface area contributed by atoms with Crippen molar-refractivity contribution < 1.29 is 4.79 Å². The summed E-state index contributed by atoms with van der Waals surface area (Å²) in [6.07, 6.45) is 26.6. The van der Waals surface area contributed by atoms with E-state index in [1.54, 1.807) is 0 Å². The Kier molecular flexibility index (Phi) is 12.7. The molecule has 0 aromatic carbocycles. The van der Waals surface area contributed by atoms with Crippen LogP contribution in [-0.4, -0.2) is 5.78 Å². The second kappa shape index (κ2) is 15.2. The van der Waals surface area contributed by atoms with Crippen LogP contribution in [0.5, 0.6) is 0 Å². The van der Waals surface area contributed by atoms with Crippen LogP contribution in [0, 0.1) is 11.8 Å². The summed E-state index contributed by atoms with van der Waals surface area (Å²) < 4.78 is 0. The van der Waals surface area contributed by atoms with Gasteiger partial charge in [0.1, 0.15) is 5.78 Å². The largest absolute Gasteiger partial charge is 0.300 e. The number of hydrogen-bond donors (Lipinski definition) is 0. The molecular formula is C33H50O. The zero-order chi connectivity index (χ0) is 24.9. The van der Waals surface area contributed by atoms with Crippen LogP contribution >= 0.6 is 0 Å². The summed E-state index contributed by atoms with van der Waals surface area (Å²) in [6.45, 7) is 13.5. The average Bonchev–Trinajstić information content (AvgIpc) is 2.80. The first-order valence-electron chi connectivity index (χ1n) is 13.7. The van der Waals surface area contributed by atoms with Crippen molar-refractivity contribution >= 4 is 5.78 Å². The molecule has 0 saturated carbocycles. The number of hydrogen-bond acceptors (Lipinski definition) is 1. The first-order valence-corrected chi connectivity index (χ1v) is 13.7. The van der Waals surface area contributed by atoms with Gasteiger partial charge >= 0.3 is 0 Å². The maximum atomic E-state index is 13.4. The summed E-state index contributed by atoms with van der Waals surface area (Å²) in [6, 6.07) is 0. The zero-order valence-electron chi connectivity index (χ0n) is 23.0. The highest BCUT2D eigenvalue weighted by Gasteiger charge is 2.21. The van der Waals surface area contributed by atoms with E-state index in [4.69, 9.17) is 0 Å². The van der Waals surface area contributed by atoms with E-state index < -0.39 is 0 Å². The van der Waals surface area contributed by atoms with Gasteiger partial charge in [0.25, 0.3) is 0 Å². The Morgan fingerprint density at radius 2 is 0.941 bits per heavy atom. The molecule has 0 aromatic rings. The molecule has 0 bridgehead atoms. The van der Waals surface area contributed by atoms with Gasteiger partial charge in [-0.05, 0) is 118 Å². The van der Waals surface area contributed by atoms with Crippen molar-refractivity contribution in [3.63, 3.8) is 0 Å². The summed E-state index contributed by atoms with van der Waals surface area (Å²) in [5, 5.41) is 0. The number of allylic oxidation sites excluding steroid dienone is 12. The highest BCUT2D eigenvalue weighted by atomic mass is 16.1. The number of Topliss-reactive ketones (excluding diaryl/α,β-unsaturated/α-hetero) is 1. The zero-order valence-corrected chi connectivity index (χ0v) is 23.0. The van der Waals surface area contributed by atoms with Crippen molar-refractivity contribution in [3.05, 3.63) is 69.9 Å². The summed E-state index contributed by atoms with van der Waals surface area (Å²) in [5.41, 5.74) is 8.64. The molecule has 0 N–H and O–H groups in total. The first-order chi connectivity index (χ1) is 16.2. The summed E-state index contributed by atoms with van der Waals surface area (Å²) in [7, 11) is 0. The predicted molar refractivity (Wildman–Crippen MR) is 150 cm³/mol. The van der Waals surface area contributed by atoms with Gasteiger partial charge in [-0.15, -0.1) is 0 Å². The number of rotatable bonds is 4. The summed E-state index contributed by atoms with van der Waals surface area (Å²) in [4.78, 5) is 13.4. The Bertz CT molecular complexity index is 785. The molecule has 0 aliphatic heterocycles. The Morgan fingerprint density at radius 3 is 1.32 bits per heavy atom. The third-order valence-corrected chi connectivity index (χ3v) is 7.81. The molecule has 0 amide bonds. The van der Waals surface area contributed by atoms with Gasteiger partial charge in [-0.2, -0.15) is 0 Å². The lowest BCUT2D eigenvalue weighted by molar-refractivity contribution is -0.120. The molecule has 2 aliphatic rings. The minimum Gasteiger partial charge on any atom is -0.300 e. The van der Waals surface area contributed by atoms with Gasteiger partial charge in [-0.3, -0.25) is 4.79 Å². The molecule has 1 nitrogen and oxygen atoms in total. The van der Waals surface area contributed by atoms with Crippen LogP contribution in [0.15, 0.2) is 69.9 Å². The van der Waals surface area contributed by atoms with Crippen LogP contribution in [0.3, 0.4) is 0 Å². The van der Waals surface area contributed by atoms with Crippen molar-refractivity contribution in [1.82, 2.24) is 0 Å². The van der Waals surface area contributed by atoms with Crippen LogP contribution in [0.2, 0.25) is 0 Å². The lowest BCUT2D eigenvalue weighted by atomic mass is 9.82. The normalized spacial score (nSPS) is 24.4. The molecule has 2 atom stereocenters. The molecule has 0 saturated heterocycles. The third kappa shape index (κ3) is 11.0. The lowest BCUT2D eigenvalue weighted by Crippen LogP contribution is -2.15. The van der Waals surface area contributed by atoms with E-state index in [1.165, 1.54) is 33.4 Å². The van der Waals surface area contributed by atoms with Crippen LogP contribution in [0.1, 0.15) is 119 Å². The molecule has 2 rings (SSSR count). The first kappa shape index (κ1) is 28.3. The van der Waals surface area contributed by atoms with Crippen molar-refractivity contribution in [2.45, 2.75) is 119 Å². The fraction of sp³-hybridized carbons (Fsp3) is 0.606. The van der Waals surface area contributed by atoms with E-state index in [-0.39, 0.29) is 0 Å². The molecule has 0 spiro atoms. The molecule has 2 aliphatic carbocycles. The van der Waals surface area contributed by atoms with E-state index in [9.17, 15) is 4.79 Å². The second-order valence-corrected chi connectivity index (χ2v) is 11.1. The Labute approximate surface area is 210 Å². The van der Waals surface area contributed by atoms with Gasteiger partial charge < -0.3 is 0 Å². The van der Waals surface area contributed by atoms with Crippen LogP contribution in [0.4, 0.5) is 0 Å². The van der Waals surface area contributed by atoms with Crippen molar-refractivity contribution in [2.75, 3.05) is 0 Å². The van der Waals surface area contributed by atoms with Crippen LogP contribution in [0.25, 0.3) is 0 Å². The van der Waals surface area contributed by atoms with Gasteiger partial charge in [-0.1, -0.05) is 69.9 Å². The van der Waals surface area contributed by atoms with Crippen molar-refractivity contribution in [2.24, 2.45) is 11.8 Å². The van der Waals surface area contributed by atoms with Crippen LogP contribution < -0.4 is 0 Å². The smallest absolute Gasteiger partial charge is 0.134 e. The minimum absolute atomic E-state index is 0.366. The number of carbonyl (C=O) groups excluding carboxylic acids is 1. The molecule has 188 valence electrons. The average molecular weight is 463 g/mol. The molecule has 0 aromatic heterocycles. The molecular weight excluding hydrogens is 412 g/mol. The molecule has 1 heteroatoms. The fourth-order valence-corrected chi connectivity index (χ4v) is 5.09.